The summed E-state index contributed by atoms with van der Waals surface area (Å²) in [5, 5.41) is 7.14. The second-order valence-electron chi connectivity index (χ2n) is 8.76. The molecule has 1 unspecified atom stereocenters. The molecule has 3 aromatic heterocycles. The van der Waals surface area contributed by atoms with Gasteiger partial charge in [-0.3, -0.25) is 14.4 Å². The van der Waals surface area contributed by atoms with Gasteiger partial charge in [-0.25, -0.2) is 14.5 Å². The summed E-state index contributed by atoms with van der Waals surface area (Å²) < 4.78 is 1.59. The van der Waals surface area contributed by atoms with Crippen LogP contribution in [0.3, 0.4) is 0 Å². The first-order chi connectivity index (χ1) is 16.3. The number of anilines is 1. The number of aromatic nitrogens is 4. The van der Waals surface area contributed by atoms with E-state index >= 15 is 0 Å². The van der Waals surface area contributed by atoms with Crippen LogP contribution in [-0.2, 0) is 16.0 Å². The first kappa shape index (κ1) is 23.3. The van der Waals surface area contributed by atoms with Crippen molar-refractivity contribution >= 4 is 29.2 Å². The minimum absolute atomic E-state index is 0.00343. The van der Waals surface area contributed by atoms with Crippen molar-refractivity contribution in [2.45, 2.75) is 46.5 Å². The second-order valence-corrected chi connectivity index (χ2v) is 8.76. The molecule has 3 N–H and O–H groups in total. The van der Waals surface area contributed by atoms with Gasteiger partial charge in [0, 0.05) is 37.1 Å². The topological polar surface area (TPSA) is 136 Å². The number of nitrogens with two attached hydrogens (primary N) is 1. The number of nitrogens with one attached hydrogen (secondary N) is 1. The summed E-state index contributed by atoms with van der Waals surface area (Å²) in [6.45, 7) is 6.67. The molecule has 1 aliphatic heterocycles. The molecule has 0 aromatic carbocycles. The maximum absolute atomic E-state index is 13.0. The van der Waals surface area contributed by atoms with E-state index in [4.69, 9.17) is 5.73 Å². The maximum Gasteiger partial charge on any atom is 0.254 e. The molecule has 3 aromatic rings. The molecule has 0 radical (unpaired) electrons. The van der Waals surface area contributed by atoms with Gasteiger partial charge in [0.2, 0.25) is 11.8 Å². The molecule has 0 spiro atoms. The SMILES string of the molecule is Cc1cccnc1NC(=O)C1CCCN(C(=O)CCc2c(C)nc3c(C(N)=O)cnn3c2C)C1. The summed E-state index contributed by atoms with van der Waals surface area (Å²) in [7, 11) is 0. The fourth-order valence-electron chi connectivity index (χ4n) is 4.49. The average Bonchev–Trinajstić information content (AvgIpc) is 3.24. The van der Waals surface area contributed by atoms with E-state index in [1.165, 1.54) is 6.20 Å². The van der Waals surface area contributed by atoms with Gasteiger partial charge in [-0.1, -0.05) is 6.07 Å². The molecule has 1 aliphatic rings. The molecule has 3 amide bonds. The quantitative estimate of drug-likeness (QED) is 0.574. The van der Waals surface area contributed by atoms with E-state index in [2.05, 4.69) is 20.4 Å². The van der Waals surface area contributed by atoms with Crippen LogP contribution >= 0.6 is 0 Å². The van der Waals surface area contributed by atoms with Gasteiger partial charge in [-0.05, 0) is 57.2 Å². The number of hydrogen-bond donors (Lipinski definition) is 2. The molecule has 4 heterocycles. The number of piperidine rings is 1. The lowest BCUT2D eigenvalue weighted by Gasteiger charge is -2.32. The Morgan fingerprint density at radius 3 is 2.76 bits per heavy atom. The normalized spacial score (nSPS) is 16.0. The first-order valence-electron chi connectivity index (χ1n) is 11.4. The highest BCUT2D eigenvalue weighted by Gasteiger charge is 2.29. The van der Waals surface area contributed by atoms with Crippen molar-refractivity contribution in [3.63, 3.8) is 0 Å². The Labute approximate surface area is 197 Å². The zero-order chi connectivity index (χ0) is 24.4. The van der Waals surface area contributed by atoms with Gasteiger partial charge in [-0.2, -0.15) is 5.10 Å². The van der Waals surface area contributed by atoms with Gasteiger partial charge in [0.1, 0.15) is 11.4 Å². The molecule has 10 nitrogen and oxygen atoms in total. The van der Waals surface area contributed by atoms with E-state index in [0.29, 0.717) is 37.4 Å². The summed E-state index contributed by atoms with van der Waals surface area (Å²) in [5.74, 6) is -0.390. The number of hydrogen-bond acceptors (Lipinski definition) is 6. The van der Waals surface area contributed by atoms with Crippen LogP contribution in [-0.4, -0.2) is 55.3 Å². The van der Waals surface area contributed by atoms with Crippen molar-refractivity contribution in [1.82, 2.24) is 24.5 Å². The number of fused-ring (bicyclic) bond motifs is 1. The largest absolute Gasteiger partial charge is 0.365 e. The average molecular weight is 464 g/mol. The van der Waals surface area contributed by atoms with Crippen LogP contribution in [0.4, 0.5) is 5.82 Å². The number of rotatable bonds is 6. The molecular weight excluding hydrogens is 434 g/mol. The van der Waals surface area contributed by atoms with E-state index < -0.39 is 5.91 Å². The van der Waals surface area contributed by atoms with Gasteiger partial charge in [0.05, 0.1) is 12.1 Å². The van der Waals surface area contributed by atoms with Crippen molar-refractivity contribution in [2.75, 3.05) is 18.4 Å². The Hall–Kier alpha value is -3.82. The molecule has 1 atom stereocenters. The third kappa shape index (κ3) is 4.61. The minimum atomic E-state index is -0.578. The molecule has 0 saturated carbocycles. The minimum Gasteiger partial charge on any atom is -0.365 e. The van der Waals surface area contributed by atoms with Crippen molar-refractivity contribution in [3.05, 3.63) is 52.6 Å². The number of pyridine rings is 1. The van der Waals surface area contributed by atoms with Crippen molar-refractivity contribution in [2.24, 2.45) is 11.7 Å². The number of carbonyl (C=O) groups excluding carboxylic acids is 3. The third-order valence-electron chi connectivity index (χ3n) is 6.46. The summed E-state index contributed by atoms with van der Waals surface area (Å²) >= 11 is 0. The van der Waals surface area contributed by atoms with Crippen molar-refractivity contribution in [3.8, 4) is 0 Å². The van der Waals surface area contributed by atoms with Gasteiger partial charge in [0.25, 0.3) is 5.91 Å². The summed E-state index contributed by atoms with van der Waals surface area (Å²) in [5.41, 5.74) is 9.48. The number of aryl methyl sites for hydroxylation is 3. The zero-order valence-corrected chi connectivity index (χ0v) is 19.7. The summed E-state index contributed by atoms with van der Waals surface area (Å²) in [6.07, 6.45) is 5.37. The molecule has 10 heteroatoms. The Kier molecular flexibility index (Phi) is 6.58. The number of primary amides is 1. The van der Waals surface area contributed by atoms with Gasteiger partial charge < -0.3 is 16.0 Å². The van der Waals surface area contributed by atoms with E-state index in [1.807, 2.05) is 32.9 Å². The highest BCUT2D eigenvalue weighted by atomic mass is 16.2. The van der Waals surface area contributed by atoms with Crippen molar-refractivity contribution in [1.29, 1.82) is 0 Å². The lowest BCUT2D eigenvalue weighted by Crippen LogP contribution is -2.44. The predicted molar refractivity (Wildman–Crippen MR) is 126 cm³/mol. The van der Waals surface area contributed by atoms with Crippen LogP contribution < -0.4 is 11.1 Å². The fourth-order valence-corrected chi connectivity index (χ4v) is 4.49. The molecule has 1 saturated heterocycles. The zero-order valence-electron chi connectivity index (χ0n) is 19.7. The summed E-state index contributed by atoms with van der Waals surface area (Å²) in [6, 6.07) is 3.72. The molecule has 0 aliphatic carbocycles. The molecule has 1 fully saturated rings. The Morgan fingerprint density at radius 2 is 2.03 bits per heavy atom. The van der Waals surface area contributed by atoms with Gasteiger partial charge in [-0.15, -0.1) is 0 Å². The number of amides is 3. The van der Waals surface area contributed by atoms with E-state index in [-0.39, 0.29) is 23.3 Å². The lowest BCUT2D eigenvalue weighted by atomic mass is 9.96. The number of carbonyl (C=O) groups is 3. The Balaban J connectivity index is 1.41. The van der Waals surface area contributed by atoms with Crippen LogP contribution in [0.15, 0.2) is 24.5 Å². The van der Waals surface area contributed by atoms with Crippen LogP contribution in [0.25, 0.3) is 5.65 Å². The number of nitrogens with zero attached hydrogens (tertiary/aromatic N) is 5. The summed E-state index contributed by atoms with van der Waals surface area (Å²) in [4.78, 5) is 47.9. The highest BCUT2D eigenvalue weighted by molar-refractivity contribution is 5.98. The molecule has 0 bridgehead atoms. The van der Waals surface area contributed by atoms with Crippen LogP contribution in [0, 0.1) is 26.7 Å². The van der Waals surface area contributed by atoms with Crippen LogP contribution in [0.5, 0.6) is 0 Å². The fraction of sp³-hybridized carbons (Fsp3) is 0.417. The molecule has 178 valence electrons. The van der Waals surface area contributed by atoms with E-state index in [1.54, 1.807) is 15.6 Å². The Bertz CT molecular complexity index is 1270. The van der Waals surface area contributed by atoms with Gasteiger partial charge >= 0.3 is 0 Å². The van der Waals surface area contributed by atoms with Gasteiger partial charge in [0.15, 0.2) is 5.65 Å². The smallest absolute Gasteiger partial charge is 0.254 e. The monoisotopic (exact) mass is 463 g/mol. The Morgan fingerprint density at radius 1 is 1.24 bits per heavy atom. The molecule has 34 heavy (non-hydrogen) atoms. The molecular formula is C24H29N7O3. The highest BCUT2D eigenvalue weighted by Crippen LogP contribution is 2.22. The maximum atomic E-state index is 13.0. The second kappa shape index (κ2) is 9.58. The predicted octanol–water partition coefficient (Wildman–Crippen LogP) is 1.96. The van der Waals surface area contributed by atoms with E-state index in [0.717, 1.165) is 35.4 Å². The van der Waals surface area contributed by atoms with Crippen LogP contribution in [0.1, 0.15) is 52.1 Å². The van der Waals surface area contributed by atoms with E-state index in [9.17, 15) is 14.4 Å². The molecule has 4 rings (SSSR count). The number of likely N-dealkylation sites (tertiary alicyclic amines) is 1. The van der Waals surface area contributed by atoms with Crippen LogP contribution in [0.2, 0.25) is 0 Å². The third-order valence-corrected chi connectivity index (χ3v) is 6.46. The van der Waals surface area contributed by atoms with Crippen molar-refractivity contribution < 1.29 is 14.4 Å². The standard InChI is InChI=1S/C24H29N7O3/c1-14-6-4-10-26-22(14)29-24(34)17-7-5-11-30(13-17)20(32)9-8-18-15(2)28-23-19(21(25)33)12-27-31(23)16(18)3/h4,6,10,12,17H,5,7-9,11,13H2,1-3H3,(H2,25,33)(H,26,29,34). The lowest BCUT2D eigenvalue weighted by molar-refractivity contribution is -0.134. The first-order valence-corrected chi connectivity index (χ1v) is 11.4.